The van der Waals surface area contributed by atoms with Crippen molar-refractivity contribution in [3.8, 4) is 0 Å². The monoisotopic (exact) mass is 262 g/mol. The van der Waals surface area contributed by atoms with Crippen molar-refractivity contribution in [1.29, 1.82) is 0 Å². The van der Waals surface area contributed by atoms with E-state index in [1.807, 2.05) is 0 Å². The lowest BCUT2D eigenvalue weighted by molar-refractivity contribution is -0.121. The number of hydrogen-bond acceptors (Lipinski definition) is 2. The molecule has 0 aliphatic heterocycles. The zero-order chi connectivity index (χ0) is 14.1. The van der Waals surface area contributed by atoms with Crippen molar-refractivity contribution in [2.75, 3.05) is 13.1 Å². The minimum absolute atomic E-state index is 0.135. The van der Waals surface area contributed by atoms with Gasteiger partial charge >= 0.3 is 0 Å². The Kier molecular flexibility index (Phi) is 7.19. The largest absolute Gasteiger partial charge is 0.356 e. The van der Waals surface area contributed by atoms with Crippen molar-refractivity contribution in [2.45, 2.75) is 39.5 Å². The third kappa shape index (κ3) is 6.39. The molecule has 1 atom stereocenters. The van der Waals surface area contributed by atoms with Gasteiger partial charge < -0.3 is 11.1 Å². The van der Waals surface area contributed by atoms with Gasteiger partial charge in [0.1, 0.15) is 0 Å². The van der Waals surface area contributed by atoms with Crippen molar-refractivity contribution in [3.63, 3.8) is 0 Å². The minimum Gasteiger partial charge on any atom is -0.356 e. The number of amides is 1. The summed E-state index contributed by atoms with van der Waals surface area (Å²) in [4.78, 5) is 11.8. The number of aryl methyl sites for hydroxylation is 2. The molecule has 0 bridgehead atoms. The lowest BCUT2D eigenvalue weighted by Crippen LogP contribution is -2.30. The molecule has 0 saturated heterocycles. The second-order valence-electron chi connectivity index (χ2n) is 5.14. The number of hydrogen-bond donors (Lipinski definition) is 2. The Morgan fingerprint density at radius 1 is 1.32 bits per heavy atom. The fourth-order valence-electron chi connectivity index (χ4n) is 2.05. The van der Waals surface area contributed by atoms with Gasteiger partial charge in [-0.25, -0.2) is 0 Å². The Morgan fingerprint density at radius 2 is 2.00 bits per heavy atom. The van der Waals surface area contributed by atoms with Crippen LogP contribution in [0.1, 0.15) is 37.3 Å². The first kappa shape index (κ1) is 15.7. The number of rotatable bonds is 8. The summed E-state index contributed by atoms with van der Waals surface area (Å²) in [6, 6.07) is 8.35. The number of benzene rings is 1. The molecule has 1 unspecified atom stereocenters. The Bertz CT molecular complexity index is 373. The lowest BCUT2D eigenvalue weighted by Gasteiger charge is -2.14. The molecule has 1 aromatic carbocycles. The third-order valence-corrected chi connectivity index (χ3v) is 3.50. The fraction of sp³-hybridized carbons (Fsp3) is 0.562. The Labute approximate surface area is 116 Å². The number of carbonyl (C=O) groups is 1. The van der Waals surface area contributed by atoms with Gasteiger partial charge in [-0.3, -0.25) is 4.79 Å². The standard InChI is InChI=1S/C16H26N2O/c1-3-14(10-11-17)12-18-16(19)9-8-15-6-4-13(2)5-7-15/h4-7,14H,3,8-12,17H2,1-2H3,(H,18,19). The molecule has 0 aliphatic rings. The zero-order valence-corrected chi connectivity index (χ0v) is 12.1. The third-order valence-electron chi connectivity index (χ3n) is 3.50. The molecule has 3 N–H and O–H groups in total. The molecule has 0 radical (unpaired) electrons. The van der Waals surface area contributed by atoms with E-state index in [0.717, 1.165) is 25.8 Å². The molecule has 3 nitrogen and oxygen atoms in total. The van der Waals surface area contributed by atoms with Crippen LogP contribution in [0.3, 0.4) is 0 Å². The molecule has 1 amide bonds. The topological polar surface area (TPSA) is 55.1 Å². The molecule has 3 heteroatoms. The van der Waals surface area contributed by atoms with Crippen LogP contribution in [-0.4, -0.2) is 19.0 Å². The van der Waals surface area contributed by atoms with Crippen LogP contribution in [0.5, 0.6) is 0 Å². The summed E-state index contributed by atoms with van der Waals surface area (Å²) in [5, 5.41) is 3.01. The van der Waals surface area contributed by atoms with Crippen molar-refractivity contribution in [2.24, 2.45) is 11.7 Å². The zero-order valence-electron chi connectivity index (χ0n) is 12.1. The van der Waals surface area contributed by atoms with Crippen molar-refractivity contribution >= 4 is 5.91 Å². The van der Waals surface area contributed by atoms with Crippen LogP contribution in [0.25, 0.3) is 0 Å². The highest BCUT2D eigenvalue weighted by molar-refractivity contribution is 5.76. The maximum atomic E-state index is 11.8. The fourth-order valence-corrected chi connectivity index (χ4v) is 2.05. The first-order chi connectivity index (χ1) is 9.15. The van der Waals surface area contributed by atoms with Gasteiger partial charge in [0.25, 0.3) is 0 Å². The molecule has 0 aromatic heterocycles. The average molecular weight is 262 g/mol. The van der Waals surface area contributed by atoms with Gasteiger partial charge in [-0.15, -0.1) is 0 Å². The van der Waals surface area contributed by atoms with E-state index >= 15 is 0 Å². The van der Waals surface area contributed by atoms with Crippen LogP contribution in [0, 0.1) is 12.8 Å². The van der Waals surface area contributed by atoms with Gasteiger partial charge in [-0.2, -0.15) is 0 Å². The summed E-state index contributed by atoms with van der Waals surface area (Å²) in [6.07, 6.45) is 3.41. The van der Waals surface area contributed by atoms with Crippen molar-refractivity contribution in [1.82, 2.24) is 5.32 Å². The summed E-state index contributed by atoms with van der Waals surface area (Å²) < 4.78 is 0. The first-order valence-electron chi connectivity index (χ1n) is 7.18. The van der Waals surface area contributed by atoms with Crippen LogP contribution in [0.15, 0.2) is 24.3 Å². The highest BCUT2D eigenvalue weighted by Crippen LogP contribution is 2.07. The average Bonchev–Trinajstić information content (AvgIpc) is 2.42. The van der Waals surface area contributed by atoms with Crippen LogP contribution in [0.4, 0.5) is 0 Å². The van der Waals surface area contributed by atoms with Crippen LogP contribution in [0.2, 0.25) is 0 Å². The molecule has 19 heavy (non-hydrogen) atoms. The summed E-state index contributed by atoms with van der Waals surface area (Å²) in [7, 11) is 0. The summed E-state index contributed by atoms with van der Waals surface area (Å²) in [5.74, 6) is 0.643. The van der Waals surface area contributed by atoms with Crippen LogP contribution < -0.4 is 11.1 Å². The minimum atomic E-state index is 0.135. The summed E-state index contributed by atoms with van der Waals surface area (Å²) >= 11 is 0. The second kappa shape index (κ2) is 8.70. The number of nitrogens with one attached hydrogen (secondary N) is 1. The maximum Gasteiger partial charge on any atom is 0.220 e. The summed E-state index contributed by atoms with van der Waals surface area (Å²) in [6.45, 7) is 5.65. The van der Waals surface area contributed by atoms with E-state index in [9.17, 15) is 4.79 Å². The maximum absolute atomic E-state index is 11.8. The highest BCUT2D eigenvalue weighted by atomic mass is 16.1. The normalized spacial score (nSPS) is 12.2. The van der Waals surface area contributed by atoms with Crippen LogP contribution >= 0.6 is 0 Å². The van der Waals surface area contributed by atoms with E-state index < -0.39 is 0 Å². The van der Waals surface area contributed by atoms with E-state index in [4.69, 9.17) is 5.73 Å². The Balaban J connectivity index is 2.25. The highest BCUT2D eigenvalue weighted by Gasteiger charge is 2.07. The molecule has 0 spiro atoms. The predicted octanol–water partition coefficient (Wildman–Crippen LogP) is 2.42. The first-order valence-corrected chi connectivity index (χ1v) is 7.18. The molecule has 0 saturated carbocycles. The molecule has 0 aliphatic carbocycles. The van der Waals surface area contributed by atoms with E-state index in [2.05, 4.69) is 43.4 Å². The Hall–Kier alpha value is -1.35. The quantitative estimate of drug-likeness (QED) is 0.756. The molecule has 106 valence electrons. The van der Waals surface area contributed by atoms with Gasteiger partial charge in [-0.1, -0.05) is 43.2 Å². The van der Waals surface area contributed by atoms with E-state index in [-0.39, 0.29) is 5.91 Å². The second-order valence-corrected chi connectivity index (χ2v) is 5.14. The molecular formula is C16H26N2O. The molecule has 0 fully saturated rings. The summed E-state index contributed by atoms with van der Waals surface area (Å²) in [5.41, 5.74) is 8.01. The predicted molar refractivity (Wildman–Crippen MR) is 80.0 cm³/mol. The Morgan fingerprint density at radius 3 is 2.58 bits per heavy atom. The number of carbonyl (C=O) groups excluding carboxylic acids is 1. The molecular weight excluding hydrogens is 236 g/mol. The van der Waals surface area contributed by atoms with Crippen molar-refractivity contribution < 1.29 is 4.79 Å². The van der Waals surface area contributed by atoms with Gasteiger partial charge in [0.15, 0.2) is 0 Å². The van der Waals surface area contributed by atoms with Gasteiger partial charge in [0.05, 0.1) is 0 Å². The SMILES string of the molecule is CCC(CCN)CNC(=O)CCc1ccc(C)cc1. The molecule has 0 heterocycles. The van der Waals surface area contributed by atoms with Crippen LogP contribution in [-0.2, 0) is 11.2 Å². The molecule has 1 aromatic rings. The van der Waals surface area contributed by atoms with Gasteiger partial charge in [0, 0.05) is 13.0 Å². The van der Waals surface area contributed by atoms with Gasteiger partial charge in [-0.05, 0) is 37.8 Å². The van der Waals surface area contributed by atoms with E-state index in [1.54, 1.807) is 0 Å². The van der Waals surface area contributed by atoms with Crippen molar-refractivity contribution in [3.05, 3.63) is 35.4 Å². The smallest absolute Gasteiger partial charge is 0.220 e. The van der Waals surface area contributed by atoms with Gasteiger partial charge in [0.2, 0.25) is 5.91 Å². The number of nitrogens with two attached hydrogens (primary N) is 1. The molecule has 1 rings (SSSR count). The lowest BCUT2D eigenvalue weighted by atomic mass is 10.0. The van der Waals surface area contributed by atoms with E-state index in [1.165, 1.54) is 11.1 Å². The van der Waals surface area contributed by atoms with E-state index in [0.29, 0.717) is 18.9 Å².